The molecule has 1 fully saturated rings. The van der Waals surface area contributed by atoms with E-state index in [4.69, 9.17) is 0 Å². The van der Waals surface area contributed by atoms with Crippen molar-refractivity contribution < 1.29 is 4.79 Å². The van der Waals surface area contributed by atoms with Crippen molar-refractivity contribution in [3.63, 3.8) is 0 Å². The maximum atomic E-state index is 12.7. The Morgan fingerprint density at radius 3 is 2.74 bits per heavy atom. The molecule has 1 saturated heterocycles. The Kier molecular flexibility index (Phi) is 5.08. The number of carbonyl (C=O) groups excluding carboxylic acids is 1. The van der Waals surface area contributed by atoms with Crippen LogP contribution < -0.4 is 11.1 Å². The van der Waals surface area contributed by atoms with Crippen LogP contribution >= 0.6 is 11.3 Å². The van der Waals surface area contributed by atoms with Crippen molar-refractivity contribution in [1.29, 1.82) is 0 Å². The highest BCUT2D eigenvalue weighted by Gasteiger charge is 2.22. The molecule has 158 valence electrons. The number of carbonyl (C=O) groups is 1. The summed E-state index contributed by atoms with van der Waals surface area (Å²) < 4.78 is 2.90. The van der Waals surface area contributed by atoms with Crippen LogP contribution in [0.1, 0.15) is 5.69 Å². The van der Waals surface area contributed by atoms with Gasteiger partial charge in [0.2, 0.25) is 5.91 Å². The normalized spacial score (nSPS) is 15.0. The number of benzene rings is 1. The van der Waals surface area contributed by atoms with E-state index in [-0.39, 0.29) is 23.6 Å². The van der Waals surface area contributed by atoms with Crippen molar-refractivity contribution in [2.45, 2.75) is 13.1 Å². The second-order valence-electron chi connectivity index (χ2n) is 7.49. The molecule has 0 saturated carbocycles. The second kappa shape index (κ2) is 8.05. The molecule has 10 heteroatoms. The molecule has 1 aliphatic heterocycles. The van der Waals surface area contributed by atoms with Gasteiger partial charge >= 0.3 is 0 Å². The van der Waals surface area contributed by atoms with Gasteiger partial charge in [-0.25, -0.2) is 9.97 Å². The Morgan fingerprint density at radius 2 is 1.90 bits per heavy atom. The summed E-state index contributed by atoms with van der Waals surface area (Å²) in [6.07, 6.45) is 3.16. The molecule has 0 radical (unpaired) electrons. The Bertz CT molecular complexity index is 1380. The number of hydrogen-bond acceptors (Lipinski definition) is 7. The molecular weight excluding hydrogens is 416 g/mol. The molecule has 1 aliphatic rings. The highest BCUT2D eigenvalue weighted by atomic mass is 32.1. The molecule has 5 rings (SSSR count). The number of aromatic nitrogens is 4. The number of hydrogen-bond donors (Lipinski definition) is 0. The molecule has 1 amide bonds. The van der Waals surface area contributed by atoms with Gasteiger partial charge in [-0.1, -0.05) is 12.1 Å². The minimum absolute atomic E-state index is 0.0238. The topological polar surface area (TPSA) is 92.8 Å². The van der Waals surface area contributed by atoms with E-state index in [1.54, 1.807) is 35.4 Å². The summed E-state index contributed by atoms with van der Waals surface area (Å²) in [7, 11) is 0. The maximum Gasteiger partial charge on any atom is 0.261 e. The van der Waals surface area contributed by atoms with Crippen molar-refractivity contribution in [3.05, 3.63) is 74.6 Å². The van der Waals surface area contributed by atoms with E-state index >= 15 is 0 Å². The standard InChI is InChI=1S/C21H20N6O3S/c28-18-11-15(23-21-27(18)9-10-31-21)12-24-5-7-25(8-6-24)19(29)13-26-14-22-17-4-2-1-3-16(17)20(26)30/h1-4,9-11,14H,5-8,12-13H2. The third-order valence-electron chi connectivity index (χ3n) is 5.50. The molecule has 0 N–H and O–H groups in total. The van der Waals surface area contributed by atoms with Crippen molar-refractivity contribution in [2.24, 2.45) is 0 Å². The van der Waals surface area contributed by atoms with Gasteiger partial charge in [0, 0.05) is 50.4 Å². The van der Waals surface area contributed by atoms with Crippen LogP contribution in [-0.2, 0) is 17.9 Å². The SMILES string of the molecule is O=C(Cn1cnc2ccccc2c1=O)N1CCN(Cc2cc(=O)n3ccsc3n2)CC1. The van der Waals surface area contributed by atoms with Crippen LogP contribution in [0.3, 0.4) is 0 Å². The van der Waals surface area contributed by atoms with Crippen LogP contribution in [0.2, 0.25) is 0 Å². The lowest BCUT2D eigenvalue weighted by Gasteiger charge is -2.34. The van der Waals surface area contributed by atoms with E-state index in [1.165, 1.54) is 26.6 Å². The molecule has 0 unspecified atom stereocenters. The number of rotatable bonds is 4. The van der Waals surface area contributed by atoms with E-state index in [2.05, 4.69) is 14.9 Å². The first-order valence-electron chi connectivity index (χ1n) is 9.98. The summed E-state index contributed by atoms with van der Waals surface area (Å²) in [6, 6.07) is 8.68. The fourth-order valence-electron chi connectivity index (χ4n) is 3.82. The third kappa shape index (κ3) is 3.87. The molecule has 1 aromatic carbocycles. The quantitative estimate of drug-likeness (QED) is 0.470. The van der Waals surface area contributed by atoms with Gasteiger partial charge in [0.25, 0.3) is 11.1 Å². The minimum atomic E-state index is -0.209. The number of amides is 1. The van der Waals surface area contributed by atoms with Gasteiger partial charge < -0.3 is 4.90 Å². The zero-order valence-electron chi connectivity index (χ0n) is 16.7. The Balaban J connectivity index is 1.22. The summed E-state index contributed by atoms with van der Waals surface area (Å²) in [6.45, 7) is 3.04. The minimum Gasteiger partial charge on any atom is -0.339 e. The Hall–Kier alpha value is -3.37. The zero-order valence-corrected chi connectivity index (χ0v) is 17.5. The van der Waals surface area contributed by atoms with Gasteiger partial charge in [0.05, 0.1) is 22.9 Å². The van der Waals surface area contributed by atoms with E-state index in [0.717, 1.165) is 5.69 Å². The molecule has 9 nitrogen and oxygen atoms in total. The lowest BCUT2D eigenvalue weighted by atomic mass is 10.2. The Labute approximate surface area is 180 Å². The third-order valence-corrected chi connectivity index (χ3v) is 6.26. The summed E-state index contributed by atoms with van der Waals surface area (Å²) >= 11 is 1.43. The highest BCUT2D eigenvalue weighted by Crippen LogP contribution is 2.11. The predicted octanol–water partition coefficient (Wildman–Crippen LogP) is 0.810. The Morgan fingerprint density at radius 1 is 1.10 bits per heavy atom. The van der Waals surface area contributed by atoms with Gasteiger partial charge in [-0.15, -0.1) is 11.3 Å². The summed E-state index contributed by atoms with van der Waals surface area (Å²) in [5.74, 6) is -0.102. The predicted molar refractivity (Wildman–Crippen MR) is 117 cm³/mol. The number of para-hydroxylation sites is 1. The highest BCUT2D eigenvalue weighted by molar-refractivity contribution is 7.15. The van der Waals surface area contributed by atoms with Crippen LogP contribution in [-0.4, -0.2) is 60.8 Å². The van der Waals surface area contributed by atoms with Crippen LogP contribution in [0.15, 0.2) is 57.8 Å². The fraction of sp³-hybridized carbons (Fsp3) is 0.286. The van der Waals surface area contributed by atoms with E-state index in [0.29, 0.717) is 48.6 Å². The lowest BCUT2D eigenvalue weighted by Crippen LogP contribution is -2.49. The molecular formula is C21H20N6O3S. The van der Waals surface area contributed by atoms with Gasteiger partial charge in [0.15, 0.2) is 4.96 Å². The molecule has 0 atom stereocenters. The number of thiazole rings is 1. The van der Waals surface area contributed by atoms with Gasteiger partial charge in [-0.3, -0.25) is 28.3 Å². The number of piperazine rings is 1. The average molecular weight is 436 g/mol. The molecule has 0 aliphatic carbocycles. The zero-order chi connectivity index (χ0) is 21.4. The average Bonchev–Trinajstić information content (AvgIpc) is 3.26. The van der Waals surface area contributed by atoms with Crippen molar-refractivity contribution in [3.8, 4) is 0 Å². The molecule has 0 spiro atoms. The van der Waals surface area contributed by atoms with Gasteiger partial charge in [-0.05, 0) is 12.1 Å². The molecule has 31 heavy (non-hydrogen) atoms. The van der Waals surface area contributed by atoms with Crippen molar-refractivity contribution >= 4 is 33.1 Å². The summed E-state index contributed by atoms with van der Waals surface area (Å²) in [5.41, 5.74) is 1.07. The summed E-state index contributed by atoms with van der Waals surface area (Å²) in [5, 5.41) is 2.35. The first kappa shape index (κ1) is 19.6. The fourth-order valence-corrected chi connectivity index (χ4v) is 4.56. The van der Waals surface area contributed by atoms with E-state index in [9.17, 15) is 14.4 Å². The molecule has 0 bridgehead atoms. The van der Waals surface area contributed by atoms with Crippen molar-refractivity contribution in [1.82, 2.24) is 28.7 Å². The van der Waals surface area contributed by atoms with E-state index in [1.807, 2.05) is 11.4 Å². The second-order valence-corrected chi connectivity index (χ2v) is 8.37. The first-order valence-corrected chi connectivity index (χ1v) is 10.9. The molecule has 3 aromatic heterocycles. The lowest BCUT2D eigenvalue weighted by molar-refractivity contribution is -0.133. The van der Waals surface area contributed by atoms with E-state index < -0.39 is 0 Å². The van der Waals surface area contributed by atoms with Crippen molar-refractivity contribution in [2.75, 3.05) is 26.2 Å². The van der Waals surface area contributed by atoms with Gasteiger partial charge in [0.1, 0.15) is 6.54 Å². The van der Waals surface area contributed by atoms with Crippen LogP contribution in [0.4, 0.5) is 0 Å². The van der Waals surface area contributed by atoms with Crippen LogP contribution in [0.5, 0.6) is 0 Å². The maximum absolute atomic E-state index is 12.7. The first-order chi connectivity index (χ1) is 15.1. The number of nitrogens with zero attached hydrogens (tertiary/aromatic N) is 6. The smallest absolute Gasteiger partial charge is 0.261 e. The van der Waals surface area contributed by atoms with Crippen LogP contribution in [0.25, 0.3) is 15.9 Å². The number of fused-ring (bicyclic) bond motifs is 2. The largest absolute Gasteiger partial charge is 0.339 e. The molecule has 4 aromatic rings. The monoisotopic (exact) mass is 436 g/mol. The van der Waals surface area contributed by atoms with Gasteiger partial charge in [-0.2, -0.15) is 0 Å². The summed E-state index contributed by atoms with van der Waals surface area (Å²) in [4.78, 5) is 51.0. The molecule has 4 heterocycles. The van der Waals surface area contributed by atoms with Crippen LogP contribution in [0, 0.1) is 0 Å².